The molecule has 0 aromatic heterocycles. The summed E-state index contributed by atoms with van der Waals surface area (Å²) in [6.07, 6.45) is 2.04. The highest BCUT2D eigenvalue weighted by Crippen LogP contribution is 2.46. The maximum absolute atomic E-state index is 14.3. The predicted octanol–water partition coefficient (Wildman–Crippen LogP) is 5.24. The number of methoxy groups -OCH3 is 1. The largest absolute Gasteiger partial charge is 0.497 e. The topological polar surface area (TPSA) is 96.7 Å². The first-order valence-electron chi connectivity index (χ1n) is 11.9. The number of esters is 1. The Kier molecular flexibility index (Phi) is 7.77. The molecule has 0 fully saturated rings. The third kappa shape index (κ3) is 5.29. The Hall–Kier alpha value is -3.93. The summed E-state index contributed by atoms with van der Waals surface area (Å²) in [7, 11) is -2.53. The van der Waals surface area contributed by atoms with Gasteiger partial charge in [0, 0.05) is 0 Å². The lowest BCUT2D eigenvalue weighted by Crippen LogP contribution is -2.42. The van der Waals surface area contributed by atoms with E-state index in [4.69, 9.17) is 9.47 Å². The molecule has 1 aliphatic rings. The molecule has 0 saturated carbocycles. The van der Waals surface area contributed by atoms with Crippen molar-refractivity contribution in [1.82, 2.24) is 4.31 Å². The lowest BCUT2D eigenvalue weighted by molar-refractivity contribution is -0.139. The molecule has 190 valence electrons. The number of hydrogen-bond acceptors (Lipinski definition) is 6. The number of sulfonamides is 1. The normalized spacial score (nSPS) is 17.9. The van der Waals surface area contributed by atoms with Crippen LogP contribution >= 0.6 is 0 Å². The van der Waals surface area contributed by atoms with E-state index >= 15 is 0 Å². The fourth-order valence-electron chi connectivity index (χ4n) is 4.49. The van der Waals surface area contributed by atoms with E-state index in [-0.39, 0.29) is 23.5 Å². The molecule has 0 aliphatic carbocycles. The fourth-order valence-corrected chi connectivity index (χ4v) is 6.27. The minimum Gasteiger partial charge on any atom is -0.497 e. The van der Waals surface area contributed by atoms with Gasteiger partial charge in [0.2, 0.25) is 10.0 Å². The summed E-state index contributed by atoms with van der Waals surface area (Å²) in [5.41, 5.74) is 2.93. The Morgan fingerprint density at radius 1 is 1.00 bits per heavy atom. The molecule has 0 unspecified atom stereocenters. The highest BCUT2D eigenvalue weighted by molar-refractivity contribution is 7.89. The molecule has 8 heteroatoms. The maximum Gasteiger partial charge on any atom is 0.335 e. The van der Waals surface area contributed by atoms with E-state index in [1.807, 2.05) is 19.1 Å². The van der Waals surface area contributed by atoms with Gasteiger partial charge in [-0.2, -0.15) is 9.57 Å². The lowest BCUT2D eigenvalue weighted by Gasteiger charge is -2.41. The molecule has 0 radical (unpaired) electrons. The van der Waals surface area contributed by atoms with Gasteiger partial charge in [-0.05, 0) is 67.8 Å². The van der Waals surface area contributed by atoms with Crippen LogP contribution < -0.4 is 4.74 Å². The van der Waals surface area contributed by atoms with Crippen LogP contribution in [0.4, 0.5) is 0 Å². The van der Waals surface area contributed by atoms with Crippen LogP contribution in [0.1, 0.15) is 47.7 Å². The second-order valence-corrected chi connectivity index (χ2v) is 10.5. The first kappa shape index (κ1) is 26.1. The predicted molar refractivity (Wildman–Crippen MR) is 139 cm³/mol. The van der Waals surface area contributed by atoms with Crippen LogP contribution in [-0.2, 0) is 19.6 Å². The summed E-state index contributed by atoms with van der Waals surface area (Å²) in [6, 6.07) is 21.0. The molecular weight excluding hydrogens is 488 g/mol. The number of rotatable bonds is 7. The second-order valence-electron chi connectivity index (χ2n) is 8.69. The van der Waals surface area contributed by atoms with E-state index in [0.717, 1.165) is 11.1 Å². The molecule has 3 aromatic rings. The second kappa shape index (κ2) is 11.0. The Labute approximate surface area is 217 Å². The van der Waals surface area contributed by atoms with Crippen LogP contribution in [0.25, 0.3) is 0 Å². The van der Waals surface area contributed by atoms with E-state index in [1.165, 1.54) is 4.31 Å². The third-order valence-electron chi connectivity index (χ3n) is 6.38. The lowest BCUT2D eigenvalue weighted by atomic mass is 9.89. The van der Waals surface area contributed by atoms with Gasteiger partial charge in [0.05, 0.1) is 47.9 Å². The van der Waals surface area contributed by atoms with E-state index in [2.05, 4.69) is 6.07 Å². The summed E-state index contributed by atoms with van der Waals surface area (Å²) in [5.74, 6) is 0.0769. The van der Waals surface area contributed by atoms with Crippen molar-refractivity contribution in [2.24, 2.45) is 0 Å². The molecule has 37 heavy (non-hydrogen) atoms. The minimum atomic E-state index is -4.10. The zero-order valence-corrected chi connectivity index (χ0v) is 21.7. The van der Waals surface area contributed by atoms with Crippen molar-refractivity contribution in [3.05, 3.63) is 107 Å². The van der Waals surface area contributed by atoms with Crippen molar-refractivity contribution in [3.8, 4) is 11.8 Å². The molecule has 0 amide bonds. The summed E-state index contributed by atoms with van der Waals surface area (Å²) in [6.45, 7) is 3.75. The number of aryl methyl sites for hydroxylation is 1. The number of benzene rings is 3. The van der Waals surface area contributed by atoms with Gasteiger partial charge in [-0.25, -0.2) is 13.2 Å². The van der Waals surface area contributed by atoms with Gasteiger partial charge in [-0.1, -0.05) is 48.0 Å². The first-order valence-corrected chi connectivity index (χ1v) is 13.4. The number of ether oxygens (including phenoxy) is 2. The summed E-state index contributed by atoms with van der Waals surface area (Å²) >= 11 is 0. The number of hydrogen-bond donors (Lipinski definition) is 0. The molecule has 4 rings (SSSR count). The van der Waals surface area contributed by atoms with Crippen molar-refractivity contribution in [2.75, 3.05) is 13.7 Å². The number of nitrogens with zero attached hydrogens (tertiary/aromatic N) is 2. The van der Waals surface area contributed by atoms with Crippen LogP contribution in [-0.4, -0.2) is 32.4 Å². The Morgan fingerprint density at radius 2 is 1.62 bits per heavy atom. The van der Waals surface area contributed by atoms with Crippen LogP contribution in [0.5, 0.6) is 5.75 Å². The van der Waals surface area contributed by atoms with E-state index < -0.39 is 28.1 Å². The van der Waals surface area contributed by atoms with E-state index in [0.29, 0.717) is 16.9 Å². The van der Waals surface area contributed by atoms with E-state index in [1.54, 1.807) is 80.8 Å². The fraction of sp³-hybridized carbons (Fsp3) is 0.241. The van der Waals surface area contributed by atoms with Crippen molar-refractivity contribution in [3.63, 3.8) is 0 Å². The molecule has 1 aliphatic heterocycles. The average Bonchev–Trinajstić information content (AvgIpc) is 2.92. The highest BCUT2D eigenvalue weighted by Gasteiger charge is 2.44. The first-order chi connectivity index (χ1) is 17.8. The van der Waals surface area contributed by atoms with Gasteiger partial charge in [0.15, 0.2) is 0 Å². The molecule has 0 bridgehead atoms. The quantitative estimate of drug-likeness (QED) is 0.399. The van der Waals surface area contributed by atoms with Gasteiger partial charge in [-0.15, -0.1) is 0 Å². The van der Waals surface area contributed by atoms with Crippen LogP contribution in [0.2, 0.25) is 0 Å². The van der Waals surface area contributed by atoms with E-state index in [9.17, 15) is 18.5 Å². The molecule has 7 nitrogen and oxygen atoms in total. The molecule has 1 heterocycles. The molecule has 0 spiro atoms. The van der Waals surface area contributed by atoms with Crippen LogP contribution in [0.3, 0.4) is 0 Å². The SMILES string of the molecule is CCOC(=O)C1=CC[C@@H](c2ccc(OC)cc2)N(S(=O)(=O)c2ccc(C)cc2)[C@H]1c1ccc(C#N)cc1. The molecule has 2 atom stereocenters. The van der Waals surface area contributed by atoms with Crippen LogP contribution in [0.15, 0.2) is 89.3 Å². The van der Waals surface area contributed by atoms with Gasteiger partial charge in [-0.3, -0.25) is 0 Å². The van der Waals surface area contributed by atoms with Crippen molar-refractivity contribution in [1.29, 1.82) is 5.26 Å². The molecule has 0 saturated heterocycles. The molecule has 0 N–H and O–H groups in total. The zero-order valence-electron chi connectivity index (χ0n) is 20.9. The summed E-state index contributed by atoms with van der Waals surface area (Å²) in [5, 5.41) is 9.28. The maximum atomic E-state index is 14.3. The molecular formula is C29H28N2O5S. The number of carbonyl (C=O) groups excluding carboxylic acids is 1. The van der Waals surface area contributed by atoms with Gasteiger partial charge >= 0.3 is 5.97 Å². The third-order valence-corrected chi connectivity index (χ3v) is 8.27. The van der Waals surface area contributed by atoms with Gasteiger partial charge in [0.1, 0.15) is 5.75 Å². The highest BCUT2D eigenvalue weighted by atomic mass is 32.2. The van der Waals surface area contributed by atoms with Crippen molar-refractivity contribution < 1.29 is 22.7 Å². The Bertz CT molecular complexity index is 1440. The van der Waals surface area contributed by atoms with Gasteiger partial charge in [0.25, 0.3) is 0 Å². The van der Waals surface area contributed by atoms with Crippen LogP contribution in [0, 0.1) is 18.3 Å². The van der Waals surface area contributed by atoms with Gasteiger partial charge < -0.3 is 9.47 Å². The monoisotopic (exact) mass is 516 g/mol. The summed E-state index contributed by atoms with van der Waals surface area (Å²) in [4.78, 5) is 13.2. The number of carbonyl (C=O) groups is 1. The number of nitriles is 1. The standard InChI is InChI=1S/C29H28N2O5S/c1-4-36-29(32)26-17-18-27(22-11-13-24(35-3)14-12-22)31(28(26)23-9-7-21(19-30)8-10-23)37(33,34)25-15-5-20(2)6-16-25/h5-17,27-28H,4,18H2,1-3H3/t27-,28-/m0/s1. The zero-order chi connectivity index (χ0) is 26.6. The van der Waals surface area contributed by atoms with Crippen molar-refractivity contribution in [2.45, 2.75) is 37.2 Å². The van der Waals surface area contributed by atoms with Crippen molar-refractivity contribution >= 4 is 16.0 Å². The minimum absolute atomic E-state index is 0.125. The summed E-state index contributed by atoms with van der Waals surface area (Å²) < 4.78 is 40.6. The average molecular weight is 517 g/mol. The Morgan fingerprint density at radius 3 is 2.19 bits per heavy atom. The smallest absolute Gasteiger partial charge is 0.335 e. The molecule has 3 aromatic carbocycles. The Balaban J connectivity index is 1.95.